The fourth-order valence-corrected chi connectivity index (χ4v) is 6.38. The molecular formula is C26H36N6O4S. The fourth-order valence-electron chi connectivity index (χ4n) is 4.83. The summed E-state index contributed by atoms with van der Waals surface area (Å²) in [5, 5.41) is 8.24. The van der Waals surface area contributed by atoms with Gasteiger partial charge in [-0.3, -0.25) is 4.57 Å². The third-order valence-corrected chi connectivity index (χ3v) is 9.38. The predicted octanol–water partition coefficient (Wildman–Crippen LogP) is 3.30. The number of nitrogens with zero attached hydrogens (tertiary/aromatic N) is 6. The SMILES string of the molecule is COc1cccc(OC)c1-n1c(CS(=O)(=O)[C@@H](C)[C@H](C)c2ncc(C)cn2)nnc1[C@H]1CCCN(C)C1. The van der Waals surface area contributed by atoms with Gasteiger partial charge in [0.05, 0.1) is 19.5 Å². The van der Waals surface area contributed by atoms with E-state index in [9.17, 15) is 8.42 Å². The maximum Gasteiger partial charge on any atom is 0.160 e. The van der Waals surface area contributed by atoms with Crippen LogP contribution in [0.15, 0.2) is 30.6 Å². The molecule has 0 amide bonds. The summed E-state index contributed by atoms with van der Waals surface area (Å²) in [5.74, 6) is 2.05. The molecule has 0 bridgehead atoms. The van der Waals surface area contributed by atoms with Gasteiger partial charge in [-0.1, -0.05) is 13.0 Å². The lowest BCUT2D eigenvalue weighted by atomic mass is 9.97. The number of aryl methyl sites for hydroxylation is 1. The predicted molar refractivity (Wildman–Crippen MR) is 141 cm³/mol. The zero-order chi connectivity index (χ0) is 26.7. The molecule has 0 N–H and O–H groups in total. The molecule has 0 radical (unpaired) electrons. The van der Waals surface area contributed by atoms with E-state index < -0.39 is 21.0 Å². The smallest absolute Gasteiger partial charge is 0.160 e. The molecular weight excluding hydrogens is 492 g/mol. The van der Waals surface area contributed by atoms with Crippen molar-refractivity contribution in [3.05, 3.63) is 53.6 Å². The molecule has 1 fully saturated rings. The summed E-state index contributed by atoms with van der Waals surface area (Å²) < 4.78 is 40.6. The van der Waals surface area contributed by atoms with Crippen molar-refractivity contribution in [3.8, 4) is 17.2 Å². The number of benzene rings is 1. The highest BCUT2D eigenvalue weighted by molar-refractivity contribution is 7.91. The molecule has 10 nitrogen and oxygen atoms in total. The summed E-state index contributed by atoms with van der Waals surface area (Å²) in [6, 6.07) is 5.49. The van der Waals surface area contributed by atoms with Crippen LogP contribution in [0.25, 0.3) is 5.69 Å². The van der Waals surface area contributed by atoms with E-state index in [1.807, 2.05) is 36.6 Å². The van der Waals surface area contributed by atoms with Gasteiger partial charge >= 0.3 is 0 Å². The quantitative estimate of drug-likeness (QED) is 0.413. The molecule has 1 aliphatic rings. The number of methoxy groups -OCH3 is 2. The summed E-state index contributed by atoms with van der Waals surface area (Å²) in [5.41, 5.74) is 1.53. The van der Waals surface area contributed by atoms with Crippen molar-refractivity contribution in [1.82, 2.24) is 29.6 Å². The van der Waals surface area contributed by atoms with Crippen LogP contribution in [0.1, 0.15) is 61.6 Å². The molecule has 200 valence electrons. The second-order valence-electron chi connectivity index (χ2n) is 9.84. The highest BCUT2D eigenvalue weighted by Gasteiger charge is 2.34. The maximum absolute atomic E-state index is 13.7. The van der Waals surface area contributed by atoms with Crippen LogP contribution in [-0.2, 0) is 15.6 Å². The van der Waals surface area contributed by atoms with Gasteiger partial charge in [0, 0.05) is 30.8 Å². The van der Waals surface area contributed by atoms with Gasteiger partial charge in [0.25, 0.3) is 0 Å². The van der Waals surface area contributed by atoms with Crippen molar-refractivity contribution < 1.29 is 17.9 Å². The Kier molecular flexibility index (Phi) is 8.13. The number of likely N-dealkylation sites (tertiary alicyclic amines) is 1. The zero-order valence-corrected chi connectivity index (χ0v) is 23.2. The van der Waals surface area contributed by atoms with Crippen LogP contribution in [0, 0.1) is 6.92 Å². The van der Waals surface area contributed by atoms with Crippen molar-refractivity contribution in [2.75, 3.05) is 34.4 Å². The first kappa shape index (κ1) is 27.0. The van der Waals surface area contributed by atoms with Crippen LogP contribution in [0.3, 0.4) is 0 Å². The summed E-state index contributed by atoms with van der Waals surface area (Å²) in [6.07, 6.45) is 5.37. The number of likely N-dealkylation sites (N-methyl/N-ethyl adjacent to an activating group) is 1. The number of aromatic nitrogens is 5. The first-order valence-electron chi connectivity index (χ1n) is 12.5. The number of hydrogen-bond acceptors (Lipinski definition) is 9. The lowest BCUT2D eigenvalue weighted by Gasteiger charge is -2.29. The highest BCUT2D eigenvalue weighted by Crippen LogP contribution is 2.37. The van der Waals surface area contributed by atoms with Crippen LogP contribution in [-0.4, -0.2) is 77.7 Å². The normalized spacial score (nSPS) is 18.4. The first-order chi connectivity index (χ1) is 17.7. The third kappa shape index (κ3) is 5.62. The largest absolute Gasteiger partial charge is 0.494 e. The average molecular weight is 529 g/mol. The third-order valence-electron chi connectivity index (χ3n) is 7.18. The lowest BCUT2D eigenvalue weighted by Crippen LogP contribution is -2.32. The van der Waals surface area contributed by atoms with Gasteiger partial charge in [-0.05, 0) is 58.0 Å². The Morgan fingerprint density at radius 1 is 1.08 bits per heavy atom. The van der Waals surface area contributed by atoms with Gasteiger partial charge in [0.1, 0.15) is 34.6 Å². The zero-order valence-electron chi connectivity index (χ0n) is 22.4. The Balaban J connectivity index is 1.78. The fraction of sp³-hybridized carbons (Fsp3) is 0.538. The molecule has 0 spiro atoms. The molecule has 3 heterocycles. The number of hydrogen-bond donors (Lipinski definition) is 0. The van der Waals surface area contributed by atoms with E-state index in [0.29, 0.717) is 34.7 Å². The van der Waals surface area contributed by atoms with Gasteiger partial charge < -0.3 is 14.4 Å². The number of ether oxygens (including phenoxy) is 2. The van der Waals surface area contributed by atoms with Gasteiger partial charge in [-0.25, -0.2) is 18.4 Å². The Morgan fingerprint density at radius 3 is 2.32 bits per heavy atom. The van der Waals surface area contributed by atoms with Gasteiger partial charge in [0.2, 0.25) is 0 Å². The monoisotopic (exact) mass is 528 g/mol. The molecule has 0 unspecified atom stereocenters. The second kappa shape index (κ2) is 11.1. The van der Waals surface area contributed by atoms with Crippen molar-refractivity contribution >= 4 is 9.84 Å². The molecule has 1 aliphatic heterocycles. The van der Waals surface area contributed by atoms with Gasteiger partial charge in [0.15, 0.2) is 15.7 Å². The van der Waals surface area contributed by atoms with Crippen LogP contribution in [0.2, 0.25) is 0 Å². The van der Waals surface area contributed by atoms with E-state index in [1.54, 1.807) is 33.5 Å². The lowest BCUT2D eigenvalue weighted by molar-refractivity contribution is 0.244. The number of piperidine rings is 1. The average Bonchev–Trinajstić information content (AvgIpc) is 3.29. The summed E-state index contributed by atoms with van der Waals surface area (Å²) in [6.45, 7) is 7.25. The minimum absolute atomic E-state index is 0.0922. The minimum Gasteiger partial charge on any atom is -0.494 e. The number of sulfone groups is 1. The second-order valence-corrected chi connectivity index (χ2v) is 12.2. The van der Waals surface area contributed by atoms with E-state index >= 15 is 0 Å². The Morgan fingerprint density at radius 2 is 1.73 bits per heavy atom. The molecule has 0 aliphatic carbocycles. The summed E-state index contributed by atoms with van der Waals surface area (Å²) in [7, 11) is 1.58. The van der Waals surface area contributed by atoms with Gasteiger partial charge in [-0.15, -0.1) is 10.2 Å². The van der Waals surface area contributed by atoms with Crippen molar-refractivity contribution in [1.29, 1.82) is 0 Å². The molecule has 3 atom stereocenters. The molecule has 4 rings (SSSR count). The van der Waals surface area contributed by atoms with E-state index in [0.717, 1.165) is 31.5 Å². The van der Waals surface area contributed by atoms with Crippen molar-refractivity contribution in [2.24, 2.45) is 0 Å². The molecule has 1 aromatic carbocycles. The van der Waals surface area contributed by atoms with E-state index in [4.69, 9.17) is 9.47 Å². The van der Waals surface area contributed by atoms with Crippen LogP contribution < -0.4 is 9.47 Å². The molecule has 2 aromatic heterocycles. The Labute approximate surface area is 219 Å². The minimum atomic E-state index is -3.66. The van der Waals surface area contributed by atoms with Crippen molar-refractivity contribution in [2.45, 2.75) is 56.5 Å². The van der Waals surface area contributed by atoms with Gasteiger partial charge in [-0.2, -0.15) is 0 Å². The van der Waals surface area contributed by atoms with E-state index in [1.165, 1.54) is 0 Å². The first-order valence-corrected chi connectivity index (χ1v) is 14.2. The number of para-hydroxylation sites is 1. The molecule has 11 heteroatoms. The summed E-state index contributed by atoms with van der Waals surface area (Å²) in [4.78, 5) is 11.0. The van der Waals surface area contributed by atoms with Crippen LogP contribution >= 0.6 is 0 Å². The van der Waals surface area contributed by atoms with Crippen LogP contribution in [0.4, 0.5) is 0 Å². The highest BCUT2D eigenvalue weighted by atomic mass is 32.2. The topological polar surface area (TPSA) is 112 Å². The van der Waals surface area contributed by atoms with Crippen LogP contribution in [0.5, 0.6) is 11.5 Å². The molecule has 3 aromatic rings. The molecule has 37 heavy (non-hydrogen) atoms. The Hall–Kier alpha value is -3.05. The number of rotatable bonds is 9. The summed E-state index contributed by atoms with van der Waals surface area (Å²) >= 11 is 0. The molecule has 1 saturated heterocycles. The standard InChI is InChI=1S/C26H36N6O4S/c1-17-13-27-25(28-14-17)18(2)19(3)37(33,34)16-23-29-30-26(20-9-8-12-31(4)15-20)32(23)24-21(35-5)10-7-11-22(24)36-6/h7,10-11,13-14,18-20H,8-9,12,15-16H2,1-6H3/t18-,19-,20-/m0/s1. The maximum atomic E-state index is 13.7. The van der Waals surface area contributed by atoms with E-state index in [2.05, 4.69) is 32.1 Å². The Bertz CT molecular complexity index is 1300. The van der Waals surface area contributed by atoms with Crippen molar-refractivity contribution in [3.63, 3.8) is 0 Å². The molecule has 0 saturated carbocycles. The van der Waals surface area contributed by atoms with E-state index in [-0.39, 0.29) is 11.7 Å².